The molecule has 1 aliphatic heterocycles. The lowest BCUT2D eigenvalue weighted by Crippen LogP contribution is -2.44. The normalized spacial score (nSPS) is 20.9. The fraction of sp³-hybridized carbons (Fsp3) is 0.611. The number of piperidine rings is 1. The predicted octanol–water partition coefficient (Wildman–Crippen LogP) is 4.02. The van der Waals surface area contributed by atoms with Crippen LogP contribution in [0.3, 0.4) is 0 Å². The van der Waals surface area contributed by atoms with Gasteiger partial charge in [-0.1, -0.05) is 57.5 Å². The van der Waals surface area contributed by atoms with Crippen molar-refractivity contribution in [1.29, 1.82) is 0 Å². The highest BCUT2D eigenvalue weighted by atomic mass is 16.1. The highest BCUT2D eigenvalue weighted by Gasteiger charge is 2.32. The third-order valence-corrected chi connectivity index (χ3v) is 4.45. The lowest BCUT2D eigenvalue weighted by Gasteiger charge is -2.37. The first-order valence-electron chi connectivity index (χ1n) is 7.85. The van der Waals surface area contributed by atoms with Crippen molar-refractivity contribution in [3.8, 4) is 0 Å². The topological polar surface area (TPSA) is 20.3 Å². The molecule has 0 amide bonds. The molecule has 2 rings (SSSR count). The van der Waals surface area contributed by atoms with E-state index < -0.39 is 0 Å². The summed E-state index contributed by atoms with van der Waals surface area (Å²) >= 11 is 0. The van der Waals surface area contributed by atoms with Crippen LogP contribution in [0.25, 0.3) is 0 Å². The van der Waals surface area contributed by atoms with Gasteiger partial charge in [-0.15, -0.1) is 0 Å². The quantitative estimate of drug-likeness (QED) is 0.755. The zero-order valence-electron chi connectivity index (χ0n) is 13.1. The molecule has 0 aromatic heterocycles. The molecular weight excluding hydrogens is 246 g/mol. The SMILES string of the molecule is CCC1CCCN(CC(C)(C)C(=O)c2ccccc2)C1. The Balaban J connectivity index is 2.01. The van der Waals surface area contributed by atoms with Crippen molar-refractivity contribution in [2.45, 2.75) is 40.0 Å². The monoisotopic (exact) mass is 273 g/mol. The number of hydrogen-bond donors (Lipinski definition) is 0. The first kappa shape index (κ1) is 15.2. The molecular formula is C18H27NO. The van der Waals surface area contributed by atoms with E-state index in [9.17, 15) is 4.79 Å². The van der Waals surface area contributed by atoms with E-state index in [0.717, 1.165) is 31.1 Å². The van der Waals surface area contributed by atoms with Crippen LogP contribution in [0.2, 0.25) is 0 Å². The van der Waals surface area contributed by atoms with Gasteiger partial charge in [0, 0.05) is 24.1 Å². The Morgan fingerprint density at radius 2 is 2.00 bits per heavy atom. The maximum Gasteiger partial charge on any atom is 0.169 e. The Labute approximate surface area is 123 Å². The molecule has 0 N–H and O–H groups in total. The molecule has 0 bridgehead atoms. The number of carbonyl (C=O) groups excluding carboxylic acids is 1. The summed E-state index contributed by atoms with van der Waals surface area (Å²) < 4.78 is 0. The van der Waals surface area contributed by atoms with Crippen LogP contribution in [0.15, 0.2) is 30.3 Å². The van der Waals surface area contributed by atoms with Gasteiger partial charge in [0.1, 0.15) is 0 Å². The Morgan fingerprint density at radius 1 is 1.30 bits per heavy atom. The van der Waals surface area contributed by atoms with E-state index in [1.165, 1.54) is 19.3 Å². The van der Waals surface area contributed by atoms with Crippen LogP contribution in [0.1, 0.15) is 50.4 Å². The first-order valence-corrected chi connectivity index (χ1v) is 7.85. The smallest absolute Gasteiger partial charge is 0.169 e. The second-order valence-electron chi connectivity index (χ2n) is 6.73. The number of carbonyl (C=O) groups is 1. The highest BCUT2D eigenvalue weighted by Crippen LogP contribution is 2.27. The van der Waals surface area contributed by atoms with Crippen molar-refractivity contribution in [1.82, 2.24) is 4.90 Å². The van der Waals surface area contributed by atoms with Crippen molar-refractivity contribution in [2.75, 3.05) is 19.6 Å². The molecule has 1 heterocycles. The second-order valence-corrected chi connectivity index (χ2v) is 6.73. The summed E-state index contributed by atoms with van der Waals surface area (Å²) in [6, 6.07) is 9.69. The maximum atomic E-state index is 12.7. The van der Waals surface area contributed by atoms with E-state index in [1.807, 2.05) is 30.3 Å². The molecule has 0 aliphatic carbocycles. The number of rotatable bonds is 5. The van der Waals surface area contributed by atoms with Crippen LogP contribution in [0.5, 0.6) is 0 Å². The number of hydrogen-bond acceptors (Lipinski definition) is 2. The van der Waals surface area contributed by atoms with Gasteiger partial charge in [0.2, 0.25) is 0 Å². The molecule has 1 unspecified atom stereocenters. The summed E-state index contributed by atoms with van der Waals surface area (Å²) in [6.07, 6.45) is 3.87. The van der Waals surface area contributed by atoms with Crippen LogP contribution in [0, 0.1) is 11.3 Å². The van der Waals surface area contributed by atoms with Crippen molar-refractivity contribution in [3.05, 3.63) is 35.9 Å². The van der Waals surface area contributed by atoms with Gasteiger partial charge >= 0.3 is 0 Å². The number of ketones is 1. The van der Waals surface area contributed by atoms with E-state index in [-0.39, 0.29) is 11.2 Å². The van der Waals surface area contributed by atoms with Gasteiger partial charge in [-0.25, -0.2) is 0 Å². The van der Waals surface area contributed by atoms with E-state index in [2.05, 4.69) is 25.7 Å². The average molecular weight is 273 g/mol. The van der Waals surface area contributed by atoms with E-state index in [0.29, 0.717) is 0 Å². The zero-order chi connectivity index (χ0) is 14.6. The Kier molecular flexibility index (Phi) is 4.98. The number of nitrogens with zero attached hydrogens (tertiary/aromatic N) is 1. The minimum absolute atomic E-state index is 0.261. The summed E-state index contributed by atoms with van der Waals surface area (Å²) in [7, 11) is 0. The Bertz CT molecular complexity index is 438. The van der Waals surface area contributed by atoms with E-state index in [4.69, 9.17) is 0 Å². The van der Waals surface area contributed by atoms with Crippen LogP contribution in [-0.4, -0.2) is 30.3 Å². The molecule has 0 spiro atoms. The molecule has 1 aliphatic rings. The average Bonchev–Trinajstić information content (AvgIpc) is 2.47. The minimum atomic E-state index is -0.309. The molecule has 1 fully saturated rings. The summed E-state index contributed by atoms with van der Waals surface area (Å²) in [4.78, 5) is 15.1. The lowest BCUT2D eigenvalue weighted by molar-refractivity contribution is 0.0703. The molecule has 2 heteroatoms. The zero-order valence-corrected chi connectivity index (χ0v) is 13.1. The van der Waals surface area contributed by atoms with Crippen molar-refractivity contribution in [2.24, 2.45) is 11.3 Å². The lowest BCUT2D eigenvalue weighted by atomic mass is 9.82. The van der Waals surface area contributed by atoms with E-state index >= 15 is 0 Å². The standard InChI is InChI=1S/C18H27NO/c1-4-15-9-8-12-19(13-15)14-18(2,3)17(20)16-10-6-5-7-11-16/h5-7,10-11,15H,4,8-9,12-14H2,1-3H3. The Hall–Kier alpha value is -1.15. The molecule has 0 saturated carbocycles. The fourth-order valence-corrected chi connectivity index (χ4v) is 3.24. The van der Waals surface area contributed by atoms with Gasteiger partial charge < -0.3 is 4.90 Å². The Morgan fingerprint density at radius 3 is 2.65 bits per heavy atom. The maximum absolute atomic E-state index is 12.7. The van der Waals surface area contributed by atoms with Gasteiger partial charge in [-0.2, -0.15) is 0 Å². The third-order valence-electron chi connectivity index (χ3n) is 4.45. The molecule has 1 aromatic rings. The molecule has 1 aromatic carbocycles. The van der Waals surface area contributed by atoms with Crippen LogP contribution < -0.4 is 0 Å². The van der Waals surface area contributed by atoms with Crippen LogP contribution in [0.4, 0.5) is 0 Å². The van der Waals surface area contributed by atoms with Gasteiger partial charge in [-0.05, 0) is 25.3 Å². The molecule has 1 atom stereocenters. The molecule has 2 nitrogen and oxygen atoms in total. The van der Waals surface area contributed by atoms with Gasteiger partial charge in [-0.3, -0.25) is 4.79 Å². The summed E-state index contributed by atoms with van der Waals surface area (Å²) in [6.45, 7) is 9.60. The van der Waals surface area contributed by atoms with Crippen LogP contribution in [-0.2, 0) is 0 Å². The largest absolute Gasteiger partial charge is 0.302 e. The van der Waals surface area contributed by atoms with Crippen LogP contribution >= 0.6 is 0 Å². The van der Waals surface area contributed by atoms with Crippen molar-refractivity contribution >= 4 is 5.78 Å². The van der Waals surface area contributed by atoms with Gasteiger partial charge in [0.15, 0.2) is 5.78 Å². The fourth-order valence-electron chi connectivity index (χ4n) is 3.24. The highest BCUT2D eigenvalue weighted by molar-refractivity contribution is 6.00. The molecule has 110 valence electrons. The van der Waals surface area contributed by atoms with Crippen molar-refractivity contribution < 1.29 is 4.79 Å². The molecule has 0 radical (unpaired) electrons. The number of Topliss-reactive ketones (excluding diaryl/α,β-unsaturated/α-hetero) is 1. The predicted molar refractivity (Wildman–Crippen MR) is 84.0 cm³/mol. The van der Waals surface area contributed by atoms with Gasteiger partial charge in [0.25, 0.3) is 0 Å². The first-order chi connectivity index (χ1) is 9.53. The summed E-state index contributed by atoms with van der Waals surface area (Å²) in [5.74, 6) is 1.07. The summed E-state index contributed by atoms with van der Waals surface area (Å²) in [5, 5.41) is 0. The molecule has 1 saturated heterocycles. The minimum Gasteiger partial charge on any atom is -0.302 e. The third kappa shape index (κ3) is 3.69. The van der Waals surface area contributed by atoms with Crippen molar-refractivity contribution in [3.63, 3.8) is 0 Å². The van der Waals surface area contributed by atoms with Gasteiger partial charge in [0.05, 0.1) is 0 Å². The number of benzene rings is 1. The van der Waals surface area contributed by atoms with E-state index in [1.54, 1.807) is 0 Å². The molecule has 20 heavy (non-hydrogen) atoms. The second kappa shape index (κ2) is 6.53. The number of likely N-dealkylation sites (tertiary alicyclic amines) is 1. The summed E-state index contributed by atoms with van der Waals surface area (Å²) in [5.41, 5.74) is 0.526.